The molecular weight excluding hydrogens is 409 g/mol. The van der Waals surface area contributed by atoms with E-state index in [4.69, 9.17) is 16.3 Å². The number of methoxy groups -OCH3 is 1. The Morgan fingerprint density at radius 1 is 1.43 bits per heavy atom. The van der Waals surface area contributed by atoms with Gasteiger partial charge in [0.2, 0.25) is 0 Å². The molecule has 1 aromatic carbocycles. The fourth-order valence-electron chi connectivity index (χ4n) is 1.90. The Labute approximate surface area is 150 Å². The van der Waals surface area contributed by atoms with Crippen LogP contribution < -0.4 is 20.3 Å². The highest BCUT2D eigenvalue weighted by molar-refractivity contribution is 9.10. The molecule has 2 rings (SSSR count). The molecule has 23 heavy (non-hydrogen) atoms. The molecule has 0 bridgehead atoms. The van der Waals surface area contributed by atoms with Crippen LogP contribution in [0.25, 0.3) is 0 Å². The minimum absolute atomic E-state index is 0.232. The number of nitrogens with zero attached hydrogens (tertiary/aromatic N) is 1. The summed E-state index contributed by atoms with van der Waals surface area (Å²) >= 11 is 10.1. The van der Waals surface area contributed by atoms with E-state index in [2.05, 4.69) is 26.0 Å². The van der Waals surface area contributed by atoms with E-state index < -0.39 is 5.82 Å². The van der Waals surface area contributed by atoms with Crippen molar-refractivity contribution < 1.29 is 9.13 Å². The predicted octanol–water partition coefficient (Wildman–Crippen LogP) is 4.30. The van der Waals surface area contributed by atoms with Crippen molar-refractivity contribution >= 4 is 56.7 Å². The van der Waals surface area contributed by atoms with Crippen LogP contribution in [-0.2, 0) is 7.05 Å². The van der Waals surface area contributed by atoms with Crippen molar-refractivity contribution in [1.29, 1.82) is 0 Å². The number of halogens is 3. The van der Waals surface area contributed by atoms with Crippen LogP contribution in [0.3, 0.4) is 0 Å². The summed E-state index contributed by atoms with van der Waals surface area (Å²) in [4.78, 5) is 12.1. The Hall–Kier alpha value is -1.38. The maximum Gasteiger partial charge on any atom is 0.255 e. The minimum Gasteiger partial charge on any atom is -0.494 e. The average molecular weight is 423 g/mol. The van der Waals surface area contributed by atoms with Crippen LogP contribution >= 0.6 is 39.5 Å². The van der Waals surface area contributed by atoms with Crippen LogP contribution in [0.15, 0.2) is 33.5 Å². The van der Waals surface area contributed by atoms with E-state index in [1.54, 1.807) is 19.2 Å². The summed E-state index contributed by atoms with van der Waals surface area (Å²) in [5.41, 5.74) is 0.446. The second-order valence-corrected chi connectivity index (χ2v) is 6.72. The number of ether oxygens (including phenoxy) is 1. The second kappa shape index (κ2) is 7.94. The lowest BCUT2D eigenvalue weighted by molar-refractivity contribution is 0.415. The van der Waals surface area contributed by atoms with Crippen molar-refractivity contribution in [3.63, 3.8) is 0 Å². The van der Waals surface area contributed by atoms with Crippen LogP contribution in [0.1, 0.15) is 0 Å². The van der Waals surface area contributed by atoms with Crippen molar-refractivity contribution in [2.75, 3.05) is 22.4 Å². The van der Waals surface area contributed by atoms with Crippen LogP contribution in [0.4, 0.5) is 21.6 Å². The van der Waals surface area contributed by atoms with Gasteiger partial charge in [-0.15, -0.1) is 11.6 Å². The lowest BCUT2D eigenvalue weighted by atomic mass is 10.3. The molecule has 2 aromatic rings. The molecule has 9 heteroatoms. The molecule has 0 amide bonds. The van der Waals surface area contributed by atoms with E-state index in [-0.39, 0.29) is 16.5 Å². The largest absolute Gasteiger partial charge is 0.494 e. The Morgan fingerprint density at radius 3 is 2.78 bits per heavy atom. The summed E-state index contributed by atoms with van der Waals surface area (Å²) in [5, 5.41) is 3.22. The van der Waals surface area contributed by atoms with Crippen LogP contribution in [-0.4, -0.2) is 16.9 Å². The molecule has 0 aliphatic carbocycles. The number of benzene rings is 1. The first-order chi connectivity index (χ1) is 11.0. The van der Waals surface area contributed by atoms with Gasteiger partial charge in [0.25, 0.3) is 5.56 Å². The number of nitrogens with one attached hydrogen (secondary N) is 2. The molecule has 1 aromatic heterocycles. The van der Waals surface area contributed by atoms with Crippen LogP contribution in [0, 0.1) is 5.82 Å². The number of rotatable bonds is 6. The fourth-order valence-corrected chi connectivity index (χ4v) is 2.79. The first-order valence-corrected chi connectivity index (χ1v) is 8.73. The molecule has 0 aliphatic rings. The van der Waals surface area contributed by atoms with Gasteiger partial charge in [-0.1, -0.05) is 15.9 Å². The number of alkyl halides is 1. The van der Waals surface area contributed by atoms with E-state index in [0.29, 0.717) is 21.7 Å². The van der Waals surface area contributed by atoms with Crippen LogP contribution in [0.5, 0.6) is 5.75 Å². The zero-order valence-electron chi connectivity index (χ0n) is 12.3. The molecular formula is C14H14BrClFN3O2S. The van der Waals surface area contributed by atoms with Gasteiger partial charge in [0, 0.05) is 17.6 Å². The average Bonchev–Trinajstić information content (AvgIpc) is 2.52. The van der Waals surface area contributed by atoms with Gasteiger partial charge in [-0.3, -0.25) is 9.36 Å². The smallest absolute Gasteiger partial charge is 0.255 e. The molecule has 2 N–H and O–H groups in total. The quantitative estimate of drug-likeness (QED) is 0.537. The molecule has 0 unspecified atom stereocenters. The van der Waals surface area contributed by atoms with E-state index in [1.165, 1.54) is 35.8 Å². The van der Waals surface area contributed by atoms with Gasteiger partial charge in [-0.2, -0.15) is 0 Å². The lowest BCUT2D eigenvalue weighted by Crippen LogP contribution is -2.20. The summed E-state index contributed by atoms with van der Waals surface area (Å²) < 4.78 is 24.3. The van der Waals surface area contributed by atoms with Crippen molar-refractivity contribution in [1.82, 2.24) is 4.57 Å². The molecule has 0 fully saturated rings. The Morgan fingerprint density at radius 2 is 2.17 bits per heavy atom. The number of aromatic nitrogens is 1. The standard InChI is InChI=1S/C14H14BrClFN3O2S/c1-20-12(21)6-11(22-2)13(19-23-7-16)14(20)18-10-4-3-8(15)5-9(10)17/h3-6,18-19H,7H2,1-2H3. The van der Waals surface area contributed by atoms with Gasteiger partial charge >= 0.3 is 0 Å². The first-order valence-electron chi connectivity index (χ1n) is 6.41. The second-order valence-electron chi connectivity index (χ2n) is 4.44. The third kappa shape index (κ3) is 4.13. The topological polar surface area (TPSA) is 55.3 Å². The Bertz CT molecular complexity index is 772. The molecule has 0 aliphatic heterocycles. The zero-order chi connectivity index (χ0) is 17.0. The summed E-state index contributed by atoms with van der Waals surface area (Å²) in [6, 6.07) is 5.95. The normalized spacial score (nSPS) is 10.5. The van der Waals surface area contributed by atoms with Crippen LogP contribution in [0.2, 0.25) is 0 Å². The van der Waals surface area contributed by atoms with Gasteiger partial charge in [-0.25, -0.2) is 4.39 Å². The van der Waals surface area contributed by atoms with E-state index in [1.807, 2.05) is 0 Å². The maximum atomic E-state index is 14.1. The fraction of sp³-hybridized carbons (Fsp3) is 0.214. The Kier molecular flexibility index (Phi) is 6.20. The summed E-state index contributed by atoms with van der Waals surface area (Å²) in [6.45, 7) is 0. The zero-order valence-corrected chi connectivity index (χ0v) is 15.5. The van der Waals surface area contributed by atoms with E-state index in [9.17, 15) is 9.18 Å². The third-order valence-corrected chi connectivity index (χ3v) is 4.31. The summed E-state index contributed by atoms with van der Waals surface area (Å²) in [6.07, 6.45) is 0. The van der Waals surface area contributed by atoms with Crippen molar-refractivity contribution in [3.05, 3.63) is 44.9 Å². The third-order valence-electron chi connectivity index (χ3n) is 3.04. The highest BCUT2D eigenvalue weighted by atomic mass is 79.9. The highest BCUT2D eigenvalue weighted by Gasteiger charge is 2.16. The number of hydrogen-bond acceptors (Lipinski definition) is 5. The summed E-state index contributed by atoms with van der Waals surface area (Å²) in [5.74, 6) is 0.254. The number of hydrogen-bond donors (Lipinski definition) is 2. The van der Waals surface area contributed by atoms with E-state index >= 15 is 0 Å². The van der Waals surface area contributed by atoms with E-state index in [0.717, 1.165) is 0 Å². The molecule has 1 heterocycles. The van der Waals surface area contributed by atoms with Gasteiger partial charge in [0.15, 0.2) is 5.75 Å². The Balaban J connectivity index is 2.54. The number of pyridine rings is 1. The molecule has 0 saturated carbocycles. The number of anilines is 3. The minimum atomic E-state index is -0.453. The van der Waals surface area contributed by atoms with Crippen molar-refractivity contribution in [2.24, 2.45) is 7.05 Å². The van der Waals surface area contributed by atoms with Gasteiger partial charge in [0.05, 0.1) is 18.0 Å². The molecule has 0 radical (unpaired) electrons. The molecule has 0 spiro atoms. The first kappa shape index (κ1) is 18.0. The summed E-state index contributed by atoms with van der Waals surface area (Å²) in [7, 11) is 3.03. The van der Waals surface area contributed by atoms with Gasteiger partial charge in [0.1, 0.15) is 17.3 Å². The molecule has 124 valence electrons. The van der Waals surface area contributed by atoms with Gasteiger partial charge in [-0.05, 0) is 30.1 Å². The predicted molar refractivity (Wildman–Crippen MR) is 97.6 cm³/mol. The maximum absolute atomic E-state index is 14.1. The van der Waals surface area contributed by atoms with Gasteiger partial charge < -0.3 is 14.8 Å². The monoisotopic (exact) mass is 421 g/mol. The SMILES string of the molecule is COc1cc(=O)n(C)c(Nc2ccc(Br)cc2F)c1NSCCl. The lowest BCUT2D eigenvalue weighted by Gasteiger charge is -2.19. The highest BCUT2D eigenvalue weighted by Crippen LogP contribution is 2.35. The van der Waals surface area contributed by atoms with Crippen molar-refractivity contribution in [2.45, 2.75) is 0 Å². The molecule has 5 nitrogen and oxygen atoms in total. The molecule has 0 saturated heterocycles. The molecule has 0 atom stereocenters. The van der Waals surface area contributed by atoms with Crippen molar-refractivity contribution in [3.8, 4) is 5.75 Å².